The molecule has 7 rings (SSSR count). The van der Waals surface area contributed by atoms with Crippen molar-refractivity contribution in [1.29, 1.82) is 0 Å². The Hall–Kier alpha value is -5.90. The van der Waals surface area contributed by atoms with Gasteiger partial charge in [-0.2, -0.15) is 0 Å². The minimum absolute atomic E-state index is 0.00701. The van der Waals surface area contributed by atoms with Crippen LogP contribution < -0.4 is 14.2 Å². The number of phenolic OH excluding ortho intramolecular Hbond substituents is 1. The van der Waals surface area contributed by atoms with E-state index >= 15 is 0 Å². The molecule has 15 heteroatoms. The number of non-ortho nitro benzene ring substituents is 1. The van der Waals surface area contributed by atoms with E-state index < -0.39 is 28.8 Å². The molecule has 6 atom stereocenters. The van der Waals surface area contributed by atoms with Crippen molar-refractivity contribution in [3.63, 3.8) is 0 Å². The largest absolute Gasteiger partial charge is 0.508 e. The van der Waals surface area contributed by atoms with E-state index in [1.807, 2.05) is 12.1 Å². The van der Waals surface area contributed by atoms with Gasteiger partial charge in [0.15, 0.2) is 11.5 Å². The molecule has 0 spiro atoms. The standard InChI is InChI=1S/C47H55N3O12/c1-3-5-23-57-46(54)49(28-32-14-18-41-42(24-32)59-30-58-41)43-27-39(48-61-29-31-12-15-34(16-13-31)50(55)56)37-25-33(10-6-8-20-51)36(11-7-9-21-52)44-38-26-35(53)17-19-40(38)62-47(43,45(37)44)60-22-4-2/h3-4,12-19,24-26,33,36,43-45,51-53H,1-2,5-11,20-23,27-30H2/t33-,36+,43-,44+,45+,47+/m0/s1. The lowest BCUT2D eigenvalue weighted by Crippen LogP contribution is -2.70. The predicted octanol–water partition coefficient (Wildman–Crippen LogP) is 8.08. The maximum Gasteiger partial charge on any atom is 0.410 e. The molecule has 1 fully saturated rings. The van der Waals surface area contributed by atoms with Crippen LogP contribution >= 0.6 is 0 Å². The van der Waals surface area contributed by atoms with Crippen LogP contribution in [0.1, 0.15) is 74.0 Å². The molecule has 1 amide bonds. The van der Waals surface area contributed by atoms with Crippen molar-refractivity contribution < 1.29 is 53.6 Å². The van der Waals surface area contributed by atoms with E-state index in [1.165, 1.54) is 12.1 Å². The molecule has 15 nitrogen and oxygen atoms in total. The van der Waals surface area contributed by atoms with Crippen LogP contribution in [-0.2, 0) is 27.5 Å². The molecule has 2 heterocycles. The van der Waals surface area contributed by atoms with E-state index in [2.05, 4.69) is 19.2 Å². The highest BCUT2D eigenvalue weighted by Crippen LogP contribution is 2.62. The molecule has 2 aliphatic heterocycles. The Morgan fingerprint density at radius 2 is 1.69 bits per heavy atom. The Morgan fingerprint density at radius 1 is 0.952 bits per heavy atom. The summed E-state index contributed by atoms with van der Waals surface area (Å²) in [5.41, 5.74) is 3.49. The number of phenols is 1. The van der Waals surface area contributed by atoms with E-state index in [9.17, 15) is 30.2 Å². The molecule has 3 N–H and O–H groups in total. The van der Waals surface area contributed by atoms with Crippen LogP contribution in [-0.4, -0.2) is 82.0 Å². The fourth-order valence-corrected chi connectivity index (χ4v) is 9.41. The summed E-state index contributed by atoms with van der Waals surface area (Å²) in [7, 11) is 0. The van der Waals surface area contributed by atoms with Crippen LogP contribution in [0.15, 0.2) is 103 Å². The summed E-state index contributed by atoms with van der Waals surface area (Å²) < 4.78 is 31.5. The van der Waals surface area contributed by atoms with Crippen molar-refractivity contribution in [2.24, 2.45) is 22.9 Å². The second-order valence-corrected chi connectivity index (χ2v) is 16.0. The molecule has 0 radical (unpaired) electrons. The number of aliphatic hydroxyl groups excluding tert-OH is 2. The smallest absolute Gasteiger partial charge is 0.410 e. The number of nitro groups is 1. The molecule has 62 heavy (non-hydrogen) atoms. The van der Waals surface area contributed by atoms with Gasteiger partial charge in [-0.3, -0.25) is 15.0 Å². The third-order valence-electron chi connectivity index (χ3n) is 12.2. The van der Waals surface area contributed by atoms with Gasteiger partial charge in [-0.1, -0.05) is 42.3 Å². The van der Waals surface area contributed by atoms with Crippen LogP contribution in [0.25, 0.3) is 0 Å². The van der Waals surface area contributed by atoms with E-state index in [1.54, 1.807) is 53.5 Å². The summed E-state index contributed by atoms with van der Waals surface area (Å²) in [6.45, 7) is 8.15. The number of rotatable bonds is 21. The molecule has 0 aromatic heterocycles. The number of hydrogen-bond acceptors (Lipinski definition) is 13. The monoisotopic (exact) mass is 853 g/mol. The van der Waals surface area contributed by atoms with Gasteiger partial charge in [-0.05, 0) is 103 Å². The van der Waals surface area contributed by atoms with Gasteiger partial charge in [-0.25, -0.2) is 4.79 Å². The second kappa shape index (κ2) is 20.3. The zero-order valence-electron chi connectivity index (χ0n) is 34.8. The van der Waals surface area contributed by atoms with Crippen LogP contribution in [0.2, 0.25) is 0 Å². The first-order valence-electron chi connectivity index (χ1n) is 21.3. The van der Waals surface area contributed by atoms with Gasteiger partial charge in [0.05, 0.1) is 29.8 Å². The molecule has 4 aliphatic rings. The number of ether oxygens (including phenoxy) is 5. The van der Waals surface area contributed by atoms with Crippen molar-refractivity contribution in [3.05, 3.63) is 124 Å². The first kappa shape index (κ1) is 44.2. The van der Waals surface area contributed by atoms with Gasteiger partial charge >= 0.3 is 6.09 Å². The molecule has 0 bridgehead atoms. The normalized spacial score (nSPS) is 23.6. The van der Waals surface area contributed by atoms with E-state index in [4.69, 9.17) is 33.7 Å². The minimum atomic E-state index is -1.56. The Kier molecular flexibility index (Phi) is 14.5. The van der Waals surface area contributed by atoms with Gasteiger partial charge < -0.3 is 43.8 Å². The molecule has 0 saturated heterocycles. The number of fused-ring (bicyclic) bond motifs is 3. The van der Waals surface area contributed by atoms with Crippen LogP contribution in [0.3, 0.4) is 0 Å². The fourth-order valence-electron chi connectivity index (χ4n) is 9.41. The number of carbonyl (C=O) groups excluding carboxylic acids is 1. The number of amides is 1. The summed E-state index contributed by atoms with van der Waals surface area (Å²) in [5.74, 6) is -0.899. The second-order valence-electron chi connectivity index (χ2n) is 16.0. The maximum atomic E-state index is 14.7. The van der Waals surface area contributed by atoms with Crippen molar-refractivity contribution in [1.82, 2.24) is 4.90 Å². The summed E-state index contributed by atoms with van der Waals surface area (Å²) in [6, 6.07) is 15.7. The molecular weight excluding hydrogens is 799 g/mol. The minimum Gasteiger partial charge on any atom is -0.508 e. The highest BCUT2D eigenvalue weighted by Gasteiger charge is 2.65. The molecule has 2 aliphatic carbocycles. The average molecular weight is 854 g/mol. The molecule has 1 saturated carbocycles. The maximum absolute atomic E-state index is 14.7. The highest BCUT2D eigenvalue weighted by atomic mass is 16.7. The lowest BCUT2D eigenvalue weighted by atomic mass is 9.55. The topological polar surface area (TPSA) is 192 Å². The van der Waals surface area contributed by atoms with Crippen LogP contribution in [0.4, 0.5) is 10.5 Å². The van der Waals surface area contributed by atoms with Gasteiger partial charge in [0, 0.05) is 49.8 Å². The summed E-state index contributed by atoms with van der Waals surface area (Å²) >= 11 is 0. The predicted molar refractivity (Wildman–Crippen MR) is 229 cm³/mol. The number of nitrogens with zero attached hydrogens (tertiary/aromatic N) is 3. The van der Waals surface area contributed by atoms with Crippen LogP contribution in [0, 0.1) is 27.9 Å². The molecule has 330 valence electrons. The van der Waals surface area contributed by atoms with Crippen molar-refractivity contribution in [2.75, 3.05) is 33.2 Å². The van der Waals surface area contributed by atoms with Gasteiger partial charge in [-0.15, -0.1) is 13.2 Å². The number of aromatic hydroxyl groups is 1. The van der Waals surface area contributed by atoms with E-state index in [0.29, 0.717) is 47.8 Å². The van der Waals surface area contributed by atoms with Crippen molar-refractivity contribution in [3.8, 4) is 23.0 Å². The number of benzene rings is 3. The Bertz CT molecular complexity index is 2140. The third-order valence-corrected chi connectivity index (χ3v) is 12.2. The molecule has 3 aromatic carbocycles. The third kappa shape index (κ3) is 9.44. The average Bonchev–Trinajstić information content (AvgIpc) is 3.75. The highest BCUT2D eigenvalue weighted by molar-refractivity contribution is 6.03. The number of hydrogen-bond donors (Lipinski definition) is 3. The van der Waals surface area contributed by atoms with Gasteiger partial charge in [0.2, 0.25) is 12.6 Å². The zero-order chi connectivity index (χ0) is 43.6. The SMILES string of the molecule is C=CCCOC(=O)N(Cc1ccc2c(c1)OCO2)[C@H]1CC(=NOCc2ccc([N+](=O)[O-])cc2)C2=C[C@H](CCCCO)[C@@H](CCCCO)[C@@H]3c4cc(O)ccc4O[C@@]1(OCC=C)[C@H]23. The first-order valence-corrected chi connectivity index (χ1v) is 21.3. The van der Waals surface area contributed by atoms with Crippen molar-refractivity contribution in [2.45, 2.75) is 82.3 Å². The fraction of sp³-hybridized carbons (Fsp3) is 0.447. The lowest BCUT2D eigenvalue weighted by molar-refractivity contribution is -0.384. The van der Waals surface area contributed by atoms with Crippen LogP contribution in [0.5, 0.6) is 23.0 Å². The zero-order valence-corrected chi connectivity index (χ0v) is 34.8. The van der Waals surface area contributed by atoms with E-state index in [-0.39, 0.29) is 82.0 Å². The quantitative estimate of drug-likeness (QED) is 0.0405. The van der Waals surface area contributed by atoms with Crippen molar-refractivity contribution >= 4 is 17.5 Å². The molecule has 0 unspecified atom stereocenters. The summed E-state index contributed by atoms with van der Waals surface area (Å²) in [4.78, 5) is 33.3. The number of unbranched alkanes of at least 4 members (excludes halogenated alkanes) is 2. The number of aliphatic hydroxyl groups is 2. The van der Waals surface area contributed by atoms with E-state index in [0.717, 1.165) is 42.4 Å². The molecule has 3 aromatic rings. The Morgan fingerprint density at radius 3 is 2.44 bits per heavy atom. The first-order chi connectivity index (χ1) is 30.2. The lowest BCUT2D eigenvalue weighted by Gasteiger charge is -2.59. The number of oxime groups is 1. The Labute approximate surface area is 361 Å². The number of nitro benzene ring substituents is 1. The van der Waals surface area contributed by atoms with Gasteiger partial charge in [0.25, 0.3) is 5.69 Å². The molecular formula is C47H55N3O12. The summed E-state index contributed by atoms with van der Waals surface area (Å²) in [6.07, 6.45) is 9.61. The van der Waals surface area contributed by atoms with Gasteiger partial charge in [0.1, 0.15) is 24.1 Å². The Balaban J connectivity index is 1.42. The number of carbonyl (C=O) groups is 1. The summed E-state index contributed by atoms with van der Waals surface area (Å²) in [5, 5.41) is 46.9. The number of allylic oxidation sites excluding steroid dienone is 1.